The van der Waals surface area contributed by atoms with Crippen LogP contribution in [0.5, 0.6) is 11.5 Å². The van der Waals surface area contributed by atoms with Gasteiger partial charge in [0.05, 0.1) is 13.3 Å². The summed E-state index contributed by atoms with van der Waals surface area (Å²) in [5.74, 6) is 1.91. The maximum absolute atomic E-state index is 8.70. The number of benzene rings is 3. The normalized spacial score (nSPS) is 10.4. The van der Waals surface area contributed by atoms with Gasteiger partial charge in [0.15, 0.2) is 18.1 Å². The van der Waals surface area contributed by atoms with Gasteiger partial charge in [-0.05, 0) is 48.0 Å². The van der Waals surface area contributed by atoms with E-state index in [2.05, 4.69) is 36.1 Å². The Morgan fingerprint density at radius 1 is 0.829 bits per heavy atom. The number of hydrazone groups is 1. The van der Waals surface area contributed by atoms with Crippen molar-refractivity contribution in [1.29, 1.82) is 5.26 Å². The standard InChI is InChI=1S/C25H22N8O2/c1-34-22-16-18(12-13-21(22)35-15-14-26)17-27-33-25-31-23(28-19-8-4-2-5-9-19)30-24(32-25)29-20-10-6-3-7-11-20/h2-13,16-17H,15H2,1H3,(H3,28,29,30,31,32,33)/b27-17-. The zero-order valence-electron chi connectivity index (χ0n) is 18.8. The smallest absolute Gasteiger partial charge is 0.250 e. The summed E-state index contributed by atoms with van der Waals surface area (Å²) in [6.07, 6.45) is 1.59. The van der Waals surface area contributed by atoms with Gasteiger partial charge in [-0.1, -0.05) is 36.4 Å². The summed E-state index contributed by atoms with van der Waals surface area (Å²) in [6.45, 7) is -0.0660. The van der Waals surface area contributed by atoms with Crippen molar-refractivity contribution in [2.24, 2.45) is 5.10 Å². The van der Waals surface area contributed by atoms with Crippen LogP contribution >= 0.6 is 0 Å². The van der Waals surface area contributed by atoms with Crippen LogP contribution in [0.3, 0.4) is 0 Å². The van der Waals surface area contributed by atoms with E-state index < -0.39 is 0 Å². The zero-order valence-corrected chi connectivity index (χ0v) is 18.8. The van der Waals surface area contributed by atoms with Crippen molar-refractivity contribution in [3.05, 3.63) is 84.4 Å². The molecule has 4 aromatic rings. The molecule has 0 spiro atoms. The van der Waals surface area contributed by atoms with E-state index >= 15 is 0 Å². The molecule has 0 fully saturated rings. The number of nitriles is 1. The van der Waals surface area contributed by atoms with Crippen LogP contribution in [0.15, 0.2) is 84.0 Å². The Bertz CT molecular complexity index is 1260. The lowest BCUT2D eigenvalue weighted by Gasteiger charge is -2.10. The number of hydrogen-bond donors (Lipinski definition) is 3. The van der Waals surface area contributed by atoms with Gasteiger partial charge in [0.1, 0.15) is 6.07 Å². The second kappa shape index (κ2) is 11.6. The van der Waals surface area contributed by atoms with E-state index in [9.17, 15) is 0 Å². The van der Waals surface area contributed by atoms with Gasteiger partial charge in [-0.25, -0.2) is 5.43 Å². The molecule has 10 heteroatoms. The molecule has 0 aliphatic carbocycles. The predicted molar refractivity (Wildman–Crippen MR) is 135 cm³/mol. The first-order chi connectivity index (χ1) is 17.2. The number of nitrogens with one attached hydrogen (secondary N) is 3. The van der Waals surface area contributed by atoms with E-state index in [-0.39, 0.29) is 12.6 Å². The second-order valence-electron chi connectivity index (χ2n) is 7.02. The first kappa shape index (κ1) is 23.0. The Hall–Kier alpha value is -5.17. The van der Waals surface area contributed by atoms with Gasteiger partial charge in [0.2, 0.25) is 17.8 Å². The van der Waals surface area contributed by atoms with Gasteiger partial charge in [-0.2, -0.15) is 25.3 Å². The van der Waals surface area contributed by atoms with Crippen molar-refractivity contribution in [3.63, 3.8) is 0 Å². The van der Waals surface area contributed by atoms with Crippen molar-refractivity contribution in [3.8, 4) is 17.6 Å². The number of methoxy groups -OCH3 is 1. The highest BCUT2D eigenvalue weighted by atomic mass is 16.5. The molecular weight excluding hydrogens is 444 g/mol. The van der Waals surface area contributed by atoms with Gasteiger partial charge in [0, 0.05) is 11.4 Å². The number of hydrogen-bond acceptors (Lipinski definition) is 10. The number of rotatable bonds is 10. The van der Waals surface area contributed by atoms with Crippen LogP contribution in [0, 0.1) is 11.3 Å². The fourth-order valence-corrected chi connectivity index (χ4v) is 3.00. The lowest BCUT2D eigenvalue weighted by Crippen LogP contribution is -2.07. The molecule has 0 atom stereocenters. The number of ether oxygens (including phenoxy) is 2. The minimum Gasteiger partial charge on any atom is -0.493 e. The van der Waals surface area contributed by atoms with Crippen LogP contribution in [0.4, 0.5) is 29.2 Å². The van der Waals surface area contributed by atoms with Crippen molar-refractivity contribution in [2.45, 2.75) is 0 Å². The van der Waals surface area contributed by atoms with Crippen molar-refractivity contribution in [2.75, 3.05) is 29.8 Å². The van der Waals surface area contributed by atoms with Crippen molar-refractivity contribution in [1.82, 2.24) is 15.0 Å². The summed E-state index contributed by atoms with van der Waals surface area (Å²) in [4.78, 5) is 13.3. The molecule has 10 nitrogen and oxygen atoms in total. The molecule has 0 amide bonds. The number of para-hydroxylation sites is 2. The molecule has 0 saturated carbocycles. The molecule has 0 aliphatic rings. The number of anilines is 5. The van der Waals surface area contributed by atoms with Crippen molar-refractivity contribution >= 4 is 35.4 Å². The molecule has 174 valence electrons. The Balaban J connectivity index is 1.53. The molecule has 35 heavy (non-hydrogen) atoms. The topological polar surface area (TPSA) is 129 Å². The van der Waals surface area contributed by atoms with Crippen LogP contribution in [-0.2, 0) is 0 Å². The van der Waals surface area contributed by atoms with Crippen LogP contribution < -0.4 is 25.5 Å². The minimum atomic E-state index is -0.0660. The van der Waals surface area contributed by atoms with Gasteiger partial charge >= 0.3 is 0 Å². The lowest BCUT2D eigenvalue weighted by molar-refractivity contribution is 0.329. The highest BCUT2D eigenvalue weighted by Gasteiger charge is 2.08. The first-order valence-electron chi connectivity index (χ1n) is 10.6. The molecule has 0 aliphatic heterocycles. The molecule has 0 saturated heterocycles. The third kappa shape index (κ3) is 6.66. The Kier molecular flexibility index (Phi) is 7.64. The summed E-state index contributed by atoms with van der Waals surface area (Å²) in [5.41, 5.74) is 5.27. The number of aromatic nitrogens is 3. The monoisotopic (exact) mass is 466 g/mol. The van der Waals surface area contributed by atoms with E-state index in [4.69, 9.17) is 14.7 Å². The highest BCUT2D eigenvalue weighted by Crippen LogP contribution is 2.27. The molecule has 3 N–H and O–H groups in total. The van der Waals surface area contributed by atoms with Crippen LogP contribution in [0.25, 0.3) is 0 Å². The summed E-state index contributed by atoms with van der Waals surface area (Å²) in [6, 6.07) is 26.4. The maximum Gasteiger partial charge on any atom is 0.250 e. The maximum atomic E-state index is 8.70. The quantitative estimate of drug-likeness (QED) is 0.225. The third-order valence-electron chi connectivity index (χ3n) is 4.55. The van der Waals surface area contributed by atoms with Gasteiger partial charge in [-0.3, -0.25) is 0 Å². The largest absolute Gasteiger partial charge is 0.493 e. The molecule has 1 heterocycles. The fraction of sp³-hybridized carbons (Fsp3) is 0.0800. The molecule has 0 unspecified atom stereocenters. The summed E-state index contributed by atoms with van der Waals surface area (Å²) < 4.78 is 10.7. The van der Waals surface area contributed by atoms with Gasteiger partial charge in [-0.15, -0.1) is 0 Å². The minimum absolute atomic E-state index is 0.0660. The van der Waals surface area contributed by atoms with Crippen LogP contribution in [0.2, 0.25) is 0 Å². The Labute approximate surface area is 202 Å². The van der Waals surface area contributed by atoms with E-state index in [0.717, 1.165) is 16.9 Å². The first-order valence-corrected chi connectivity index (χ1v) is 10.6. The lowest BCUT2D eigenvalue weighted by atomic mass is 10.2. The van der Waals surface area contributed by atoms with E-state index in [0.29, 0.717) is 23.4 Å². The fourth-order valence-electron chi connectivity index (χ4n) is 3.00. The van der Waals surface area contributed by atoms with Crippen LogP contribution in [0.1, 0.15) is 5.56 Å². The molecule has 3 aromatic carbocycles. The van der Waals surface area contributed by atoms with E-state index in [1.54, 1.807) is 24.4 Å². The highest BCUT2D eigenvalue weighted by molar-refractivity contribution is 5.81. The molecule has 0 radical (unpaired) electrons. The zero-order chi connectivity index (χ0) is 24.3. The average molecular weight is 467 g/mol. The predicted octanol–water partition coefficient (Wildman–Crippen LogP) is 4.72. The van der Waals surface area contributed by atoms with Gasteiger partial charge < -0.3 is 20.1 Å². The molecular formula is C25H22N8O2. The Morgan fingerprint density at radius 2 is 1.43 bits per heavy atom. The summed E-state index contributed by atoms with van der Waals surface area (Å²) in [5, 5.41) is 19.3. The van der Waals surface area contributed by atoms with E-state index in [1.165, 1.54) is 7.11 Å². The average Bonchev–Trinajstić information content (AvgIpc) is 2.89. The SMILES string of the molecule is COc1cc(/C=N\Nc2nc(Nc3ccccc3)nc(Nc3ccccc3)n2)ccc1OCC#N. The molecule has 1 aromatic heterocycles. The number of nitrogens with zero attached hydrogens (tertiary/aromatic N) is 5. The van der Waals surface area contributed by atoms with Crippen molar-refractivity contribution < 1.29 is 9.47 Å². The third-order valence-corrected chi connectivity index (χ3v) is 4.55. The van der Waals surface area contributed by atoms with Gasteiger partial charge in [0.25, 0.3) is 0 Å². The summed E-state index contributed by atoms with van der Waals surface area (Å²) in [7, 11) is 1.53. The summed E-state index contributed by atoms with van der Waals surface area (Å²) >= 11 is 0. The molecule has 0 bridgehead atoms. The van der Waals surface area contributed by atoms with E-state index in [1.807, 2.05) is 66.7 Å². The second-order valence-corrected chi connectivity index (χ2v) is 7.02. The van der Waals surface area contributed by atoms with Crippen LogP contribution in [-0.4, -0.2) is 34.9 Å². The Morgan fingerprint density at radius 3 is 2.00 bits per heavy atom. The molecule has 4 rings (SSSR count).